The monoisotopic (exact) mass is 434 g/mol. The molecule has 1 heterocycles. The molecule has 3 rings (SSSR count). The average molecular weight is 435 g/mol. The Balaban J connectivity index is 1.95. The first kappa shape index (κ1) is 23.6. The molecule has 5 heteroatoms. The summed E-state index contributed by atoms with van der Waals surface area (Å²) in [5.74, 6) is -0.0134. The van der Waals surface area contributed by atoms with Gasteiger partial charge in [-0.3, -0.25) is 4.79 Å². The third-order valence-electron chi connectivity index (χ3n) is 5.89. The highest BCUT2D eigenvalue weighted by molar-refractivity contribution is 5.97. The smallest absolute Gasteiger partial charge is 0.323 e. The van der Waals surface area contributed by atoms with Gasteiger partial charge in [-0.2, -0.15) is 0 Å². The Morgan fingerprint density at radius 3 is 2.34 bits per heavy atom. The zero-order valence-corrected chi connectivity index (χ0v) is 19.2. The molecule has 2 aromatic carbocycles. The highest BCUT2D eigenvalue weighted by Crippen LogP contribution is 2.33. The Kier molecular flexibility index (Phi) is 8.48. The molecule has 0 aliphatic rings. The first-order valence-electron chi connectivity index (χ1n) is 11.7. The number of aliphatic carboxylic acids is 1. The lowest BCUT2D eigenvalue weighted by molar-refractivity contribution is -0.135. The van der Waals surface area contributed by atoms with Crippen molar-refractivity contribution in [1.82, 2.24) is 4.98 Å². The number of likely N-dealkylation sites (N-methyl/N-ethyl adjacent to an activating group) is 1. The van der Waals surface area contributed by atoms with Crippen molar-refractivity contribution in [2.75, 3.05) is 18.0 Å². The number of carboxylic acid groups (broad SMARTS) is 1. The fourth-order valence-corrected chi connectivity index (χ4v) is 4.08. The Labute approximate surface area is 190 Å². The van der Waals surface area contributed by atoms with Crippen molar-refractivity contribution in [3.8, 4) is 16.9 Å². The van der Waals surface area contributed by atoms with E-state index in [0.29, 0.717) is 12.4 Å². The number of pyridine rings is 1. The lowest BCUT2D eigenvalue weighted by Crippen LogP contribution is -2.30. The van der Waals surface area contributed by atoms with Crippen molar-refractivity contribution in [2.24, 2.45) is 0 Å². The number of rotatable bonds is 12. The second-order valence-electron chi connectivity index (χ2n) is 8.35. The predicted octanol–water partition coefficient (Wildman–Crippen LogP) is 6.42. The minimum Gasteiger partial charge on any atom is -0.508 e. The number of aromatic hydroxyl groups is 1. The summed E-state index contributed by atoms with van der Waals surface area (Å²) in [6.07, 6.45) is 8.66. The quantitative estimate of drug-likeness (QED) is 0.322. The van der Waals surface area contributed by atoms with Crippen LogP contribution in [-0.2, 0) is 11.2 Å². The summed E-state index contributed by atoms with van der Waals surface area (Å²) >= 11 is 0. The Bertz CT molecular complexity index is 1030. The van der Waals surface area contributed by atoms with E-state index in [1.807, 2.05) is 31.2 Å². The van der Waals surface area contributed by atoms with Gasteiger partial charge in [-0.1, -0.05) is 57.2 Å². The average Bonchev–Trinajstić information content (AvgIpc) is 2.79. The molecular weight excluding hydrogens is 400 g/mol. The number of phenols is 1. The molecule has 3 aromatic rings. The third kappa shape index (κ3) is 6.22. The molecule has 0 aliphatic carbocycles. The van der Waals surface area contributed by atoms with E-state index in [0.717, 1.165) is 28.5 Å². The largest absolute Gasteiger partial charge is 0.508 e. The standard InChI is InChI=1S/C27H34N2O3/c1-3-5-6-7-8-9-10-20-11-16-25-24(17-20)23(21-12-14-22(30)15-13-21)18-26(28-25)29(4-2)19-27(31)32/h11-18,30H,3-10,19H2,1-2H3,(H,31,32). The topological polar surface area (TPSA) is 73.7 Å². The van der Waals surface area contributed by atoms with E-state index in [4.69, 9.17) is 4.98 Å². The van der Waals surface area contributed by atoms with Crippen molar-refractivity contribution in [1.29, 1.82) is 0 Å². The molecule has 0 amide bonds. The summed E-state index contributed by atoms with van der Waals surface area (Å²) in [7, 11) is 0. The number of fused-ring (bicyclic) bond motifs is 1. The van der Waals surface area contributed by atoms with Crippen LogP contribution >= 0.6 is 0 Å². The molecule has 32 heavy (non-hydrogen) atoms. The molecule has 0 saturated carbocycles. The predicted molar refractivity (Wildman–Crippen MR) is 131 cm³/mol. The van der Waals surface area contributed by atoms with Crippen molar-refractivity contribution in [3.05, 3.63) is 54.1 Å². The van der Waals surface area contributed by atoms with Crippen LogP contribution in [0.5, 0.6) is 5.75 Å². The van der Waals surface area contributed by atoms with Crippen LogP contribution in [0.4, 0.5) is 5.82 Å². The maximum Gasteiger partial charge on any atom is 0.323 e. The summed E-state index contributed by atoms with van der Waals surface area (Å²) in [5.41, 5.74) is 4.11. The second kappa shape index (κ2) is 11.5. The summed E-state index contributed by atoms with van der Waals surface area (Å²) in [4.78, 5) is 17.9. The number of anilines is 1. The van der Waals surface area contributed by atoms with Crippen molar-refractivity contribution >= 4 is 22.7 Å². The van der Waals surface area contributed by atoms with E-state index in [2.05, 4.69) is 19.1 Å². The number of carbonyl (C=O) groups is 1. The van der Waals surface area contributed by atoms with Gasteiger partial charge in [0.25, 0.3) is 0 Å². The number of aromatic nitrogens is 1. The lowest BCUT2D eigenvalue weighted by Gasteiger charge is -2.21. The Hall–Kier alpha value is -3.08. The van der Waals surface area contributed by atoms with Crippen molar-refractivity contribution in [3.63, 3.8) is 0 Å². The van der Waals surface area contributed by atoms with Crippen LogP contribution in [0.1, 0.15) is 57.9 Å². The molecule has 0 unspecified atom stereocenters. The van der Waals surface area contributed by atoms with E-state index in [1.165, 1.54) is 44.1 Å². The normalized spacial score (nSPS) is 11.1. The van der Waals surface area contributed by atoms with Crippen molar-refractivity contribution in [2.45, 2.75) is 58.8 Å². The fourth-order valence-electron chi connectivity index (χ4n) is 4.08. The fraction of sp³-hybridized carbons (Fsp3) is 0.407. The van der Waals surface area contributed by atoms with Gasteiger partial charge in [0.2, 0.25) is 0 Å². The zero-order chi connectivity index (χ0) is 22.9. The maximum absolute atomic E-state index is 11.3. The molecule has 2 N–H and O–H groups in total. The van der Waals surface area contributed by atoms with Gasteiger partial charge in [0.05, 0.1) is 5.52 Å². The molecule has 1 aromatic heterocycles. The van der Waals surface area contributed by atoms with Crippen LogP contribution in [0, 0.1) is 0 Å². The molecule has 0 aliphatic heterocycles. The lowest BCUT2D eigenvalue weighted by atomic mass is 9.97. The minimum absolute atomic E-state index is 0.0971. The molecule has 5 nitrogen and oxygen atoms in total. The third-order valence-corrected chi connectivity index (χ3v) is 5.89. The highest BCUT2D eigenvalue weighted by atomic mass is 16.4. The number of phenolic OH excluding ortho intramolecular Hbond substituents is 1. The zero-order valence-electron chi connectivity index (χ0n) is 19.2. The van der Waals surface area contributed by atoms with Gasteiger partial charge in [-0.15, -0.1) is 0 Å². The molecular formula is C27H34N2O3. The van der Waals surface area contributed by atoms with E-state index in [1.54, 1.807) is 17.0 Å². The molecule has 0 bridgehead atoms. The first-order chi connectivity index (χ1) is 15.5. The number of unbranched alkanes of at least 4 members (excludes halogenated alkanes) is 5. The SMILES string of the molecule is CCCCCCCCc1ccc2nc(N(CC)CC(=O)O)cc(-c3ccc(O)cc3)c2c1. The summed E-state index contributed by atoms with van der Waals surface area (Å²) in [6.45, 7) is 4.62. The van der Waals surface area contributed by atoms with Crippen LogP contribution in [0.3, 0.4) is 0 Å². The van der Waals surface area contributed by atoms with Gasteiger partial charge in [0, 0.05) is 11.9 Å². The molecule has 0 spiro atoms. The van der Waals surface area contributed by atoms with Crippen LogP contribution in [0.15, 0.2) is 48.5 Å². The molecule has 170 valence electrons. The van der Waals surface area contributed by atoms with Crippen molar-refractivity contribution < 1.29 is 15.0 Å². The number of aryl methyl sites for hydroxylation is 1. The first-order valence-corrected chi connectivity index (χ1v) is 11.7. The van der Waals surface area contributed by atoms with Crippen LogP contribution in [-0.4, -0.2) is 34.3 Å². The Morgan fingerprint density at radius 2 is 1.66 bits per heavy atom. The maximum atomic E-state index is 11.3. The Morgan fingerprint density at radius 1 is 0.938 bits per heavy atom. The van der Waals surface area contributed by atoms with Crippen LogP contribution in [0.25, 0.3) is 22.0 Å². The van der Waals surface area contributed by atoms with Gasteiger partial charge >= 0.3 is 5.97 Å². The summed E-state index contributed by atoms with van der Waals surface area (Å²) < 4.78 is 0. The van der Waals surface area contributed by atoms with Gasteiger partial charge in [-0.05, 0) is 66.8 Å². The van der Waals surface area contributed by atoms with E-state index < -0.39 is 5.97 Å². The molecule has 0 saturated heterocycles. The number of hydrogen-bond donors (Lipinski definition) is 2. The van der Waals surface area contributed by atoms with Gasteiger partial charge in [-0.25, -0.2) is 4.98 Å². The van der Waals surface area contributed by atoms with E-state index in [9.17, 15) is 15.0 Å². The minimum atomic E-state index is -0.880. The summed E-state index contributed by atoms with van der Waals surface area (Å²) in [5, 5.41) is 20.1. The summed E-state index contributed by atoms with van der Waals surface area (Å²) in [6, 6.07) is 15.5. The van der Waals surface area contributed by atoms with E-state index in [-0.39, 0.29) is 12.3 Å². The number of carboxylic acids is 1. The van der Waals surface area contributed by atoms with E-state index >= 15 is 0 Å². The molecule has 0 atom stereocenters. The number of nitrogens with zero attached hydrogens (tertiary/aromatic N) is 2. The van der Waals surface area contributed by atoms with Gasteiger partial charge in [0.15, 0.2) is 0 Å². The van der Waals surface area contributed by atoms with Gasteiger partial charge in [0.1, 0.15) is 18.1 Å². The van der Waals surface area contributed by atoms with Crippen LogP contribution < -0.4 is 4.90 Å². The van der Waals surface area contributed by atoms with Crippen LogP contribution in [0.2, 0.25) is 0 Å². The second-order valence-corrected chi connectivity index (χ2v) is 8.35. The number of hydrogen-bond acceptors (Lipinski definition) is 4. The molecule has 0 radical (unpaired) electrons. The molecule has 0 fully saturated rings. The van der Waals surface area contributed by atoms with Gasteiger partial charge < -0.3 is 15.1 Å². The highest BCUT2D eigenvalue weighted by Gasteiger charge is 2.15. The number of benzene rings is 2.